The molecule has 2 aromatic carbocycles. The van der Waals surface area contributed by atoms with E-state index in [0.29, 0.717) is 49.9 Å². The van der Waals surface area contributed by atoms with Gasteiger partial charge in [0.25, 0.3) is 11.8 Å². The number of rotatable bonds is 3. The first-order valence-corrected chi connectivity index (χ1v) is 10.3. The van der Waals surface area contributed by atoms with Crippen LogP contribution >= 0.6 is 11.6 Å². The Hall–Kier alpha value is -2.51. The van der Waals surface area contributed by atoms with Crippen LogP contribution in [-0.4, -0.2) is 71.8 Å². The molecule has 8 heteroatoms. The number of amides is 2. The van der Waals surface area contributed by atoms with Gasteiger partial charge in [0.1, 0.15) is 0 Å². The minimum absolute atomic E-state index is 0.00122. The molecule has 2 aliphatic heterocycles. The highest BCUT2D eigenvalue weighted by molar-refractivity contribution is 6.30. The number of hydrogen-bond donors (Lipinski definition) is 0. The fraction of sp³-hybridized carbons (Fsp3) is 0.364. The van der Waals surface area contributed by atoms with E-state index in [1.54, 1.807) is 29.2 Å². The Bertz CT molecular complexity index is 946. The van der Waals surface area contributed by atoms with Gasteiger partial charge in [0.2, 0.25) is 0 Å². The first-order chi connectivity index (χ1) is 14.4. The maximum atomic E-state index is 13.4. The number of benzene rings is 2. The van der Waals surface area contributed by atoms with Gasteiger partial charge in [-0.15, -0.1) is 0 Å². The molecule has 2 fully saturated rings. The van der Waals surface area contributed by atoms with Gasteiger partial charge in [-0.3, -0.25) is 14.5 Å². The molecule has 0 radical (unpaired) electrons. The second-order valence-electron chi connectivity index (χ2n) is 7.66. The third-order valence-electron chi connectivity index (χ3n) is 5.83. The lowest BCUT2D eigenvalue weighted by Gasteiger charge is -2.38. The van der Waals surface area contributed by atoms with Gasteiger partial charge in [-0.25, -0.2) is 8.78 Å². The Balaban J connectivity index is 1.31. The third-order valence-corrected chi connectivity index (χ3v) is 6.08. The molecule has 0 aliphatic carbocycles. The van der Waals surface area contributed by atoms with Gasteiger partial charge < -0.3 is 9.80 Å². The highest BCUT2D eigenvalue weighted by atomic mass is 35.5. The van der Waals surface area contributed by atoms with E-state index in [2.05, 4.69) is 4.90 Å². The standard InChI is InChI=1S/C22H22ClF2N3O2/c23-17-4-1-15(2-5-17)21(29)28-8-7-18(14-28)26-9-11-27(12-10-26)22(30)16-3-6-19(24)20(25)13-16/h1-6,13,18H,7-12,14H2/t18-/m1/s1. The molecule has 0 aromatic heterocycles. The highest BCUT2D eigenvalue weighted by Gasteiger charge is 2.33. The van der Waals surface area contributed by atoms with Crippen molar-refractivity contribution in [3.63, 3.8) is 0 Å². The number of nitrogens with zero attached hydrogens (tertiary/aromatic N) is 3. The quantitative estimate of drug-likeness (QED) is 0.746. The van der Waals surface area contributed by atoms with E-state index in [0.717, 1.165) is 18.6 Å². The zero-order valence-electron chi connectivity index (χ0n) is 16.4. The SMILES string of the molecule is O=C(c1ccc(F)c(F)c1)N1CCN([C@@H]2CCN(C(=O)c3ccc(Cl)cc3)C2)CC1. The number of hydrogen-bond acceptors (Lipinski definition) is 3. The fourth-order valence-electron chi connectivity index (χ4n) is 4.10. The van der Waals surface area contributed by atoms with Crippen molar-refractivity contribution >= 4 is 23.4 Å². The summed E-state index contributed by atoms with van der Waals surface area (Å²) < 4.78 is 26.5. The van der Waals surface area contributed by atoms with E-state index in [9.17, 15) is 18.4 Å². The van der Waals surface area contributed by atoms with Crippen LogP contribution in [0.5, 0.6) is 0 Å². The smallest absolute Gasteiger partial charge is 0.254 e. The summed E-state index contributed by atoms with van der Waals surface area (Å²) in [6, 6.07) is 10.4. The third kappa shape index (κ3) is 4.32. The Morgan fingerprint density at radius 2 is 1.43 bits per heavy atom. The summed E-state index contributed by atoms with van der Waals surface area (Å²) in [5.41, 5.74) is 0.782. The molecule has 30 heavy (non-hydrogen) atoms. The van der Waals surface area contributed by atoms with Gasteiger partial charge in [0, 0.05) is 61.5 Å². The molecular formula is C22H22ClF2N3O2. The van der Waals surface area contributed by atoms with E-state index in [4.69, 9.17) is 11.6 Å². The van der Waals surface area contributed by atoms with Crippen LogP contribution in [0.2, 0.25) is 5.02 Å². The van der Waals surface area contributed by atoms with E-state index in [1.165, 1.54) is 6.07 Å². The molecule has 0 spiro atoms. The topological polar surface area (TPSA) is 43.9 Å². The minimum atomic E-state index is -1.02. The summed E-state index contributed by atoms with van der Waals surface area (Å²) in [5.74, 6) is -2.27. The van der Waals surface area contributed by atoms with Crippen molar-refractivity contribution in [1.82, 2.24) is 14.7 Å². The number of likely N-dealkylation sites (tertiary alicyclic amines) is 1. The normalized spacial score (nSPS) is 19.9. The lowest BCUT2D eigenvalue weighted by Crippen LogP contribution is -2.52. The van der Waals surface area contributed by atoms with E-state index in [1.807, 2.05) is 4.90 Å². The number of carbonyl (C=O) groups excluding carboxylic acids is 2. The molecule has 2 aliphatic rings. The van der Waals surface area contributed by atoms with Crippen LogP contribution in [0, 0.1) is 11.6 Å². The Morgan fingerprint density at radius 1 is 0.800 bits per heavy atom. The van der Waals surface area contributed by atoms with Crippen molar-refractivity contribution in [2.75, 3.05) is 39.3 Å². The van der Waals surface area contributed by atoms with Crippen LogP contribution in [0.4, 0.5) is 8.78 Å². The molecular weight excluding hydrogens is 412 g/mol. The highest BCUT2D eigenvalue weighted by Crippen LogP contribution is 2.21. The van der Waals surface area contributed by atoms with Crippen molar-refractivity contribution < 1.29 is 18.4 Å². The zero-order valence-corrected chi connectivity index (χ0v) is 17.1. The van der Waals surface area contributed by atoms with Gasteiger partial charge >= 0.3 is 0 Å². The summed E-state index contributed by atoms with van der Waals surface area (Å²) in [6.45, 7) is 3.74. The largest absolute Gasteiger partial charge is 0.337 e. The predicted octanol–water partition coefficient (Wildman–Crippen LogP) is 3.29. The second-order valence-corrected chi connectivity index (χ2v) is 8.09. The van der Waals surface area contributed by atoms with Crippen molar-refractivity contribution in [3.8, 4) is 0 Å². The Morgan fingerprint density at radius 3 is 2.10 bits per heavy atom. The molecule has 0 saturated carbocycles. The van der Waals surface area contributed by atoms with Gasteiger partial charge in [0.15, 0.2) is 11.6 Å². The molecule has 0 bridgehead atoms. The zero-order chi connectivity index (χ0) is 21.3. The summed E-state index contributed by atoms with van der Waals surface area (Å²) >= 11 is 5.89. The van der Waals surface area contributed by atoms with Crippen molar-refractivity contribution in [2.24, 2.45) is 0 Å². The predicted molar refractivity (Wildman–Crippen MR) is 110 cm³/mol. The number of halogens is 3. The van der Waals surface area contributed by atoms with Gasteiger partial charge in [-0.2, -0.15) is 0 Å². The molecule has 0 N–H and O–H groups in total. The lowest BCUT2D eigenvalue weighted by molar-refractivity contribution is 0.0568. The van der Waals surface area contributed by atoms with Gasteiger partial charge in [-0.05, 0) is 48.9 Å². The fourth-order valence-corrected chi connectivity index (χ4v) is 4.23. The lowest BCUT2D eigenvalue weighted by atomic mass is 10.1. The van der Waals surface area contributed by atoms with Gasteiger partial charge in [-0.1, -0.05) is 11.6 Å². The monoisotopic (exact) mass is 433 g/mol. The van der Waals surface area contributed by atoms with Crippen molar-refractivity contribution in [3.05, 3.63) is 70.2 Å². The van der Waals surface area contributed by atoms with Crippen LogP contribution in [0.15, 0.2) is 42.5 Å². The van der Waals surface area contributed by atoms with Crippen LogP contribution in [0.1, 0.15) is 27.1 Å². The molecule has 2 amide bonds. The summed E-state index contributed by atoms with van der Waals surface area (Å²) in [7, 11) is 0. The summed E-state index contributed by atoms with van der Waals surface area (Å²) in [5, 5.41) is 0.599. The minimum Gasteiger partial charge on any atom is -0.337 e. The maximum absolute atomic E-state index is 13.4. The van der Waals surface area contributed by atoms with Crippen molar-refractivity contribution in [2.45, 2.75) is 12.5 Å². The van der Waals surface area contributed by atoms with Crippen LogP contribution < -0.4 is 0 Å². The number of carbonyl (C=O) groups is 2. The van der Waals surface area contributed by atoms with E-state index in [-0.39, 0.29) is 23.4 Å². The summed E-state index contributed by atoms with van der Waals surface area (Å²) in [4.78, 5) is 31.1. The van der Waals surface area contributed by atoms with E-state index < -0.39 is 11.6 Å². The van der Waals surface area contributed by atoms with Gasteiger partial charge in [0.05, 0.1) is 0 Å². The maximum Gasteiger partial charge on any atom is 0.254 e. The number of piperazine rings is 1. The van der Waals surface area contributed by atoms with Crippen LogP contribution in [0.3, 0.4) is 0 Å². The average Bonchev–Trinajstić information content (AvgIpc) is 3.25. The first kappa shape index (κ1) is 20.8. The molecule has 4 rings (SSSR count). The molecule has 1 atom stereocenters. The Labute approximate surface area is 178 Å². The average molecular weight is 434 g/mol. The molecule has 2 saturated heterocycles. The first-order valence-electron chi connectivity index (χ1n) is 9.95. The molecule has 0 unspecified atom stereocenters. The van der Waals surface area contributed by atoms with Crippen molar-refractivity contribution in [1.29, 1.82) is 0 Å². The van der Waals surface area contributed by atoms with Crippen LogP contribution in [0.25, 0.3) is 0 Å². The summed E-state index contributed by atoms with van der Waals surface area (Å²) in [6.07, 6.45) is 0.885. The molecule has 158 valence electrons. The molecule has 2 heterocycles. The Kier molecular flexibility index (Phi) is 6.01. The molecule has 2 aromatic rings. The second kappa shape index (κ2) is 8.70. The molecule has 5 nitrogen and oxygen atoms in total. The van der Waals surface area contributed by atoms with Crippen LogP contribution in [-0.2, 0) is 0 Å². The van der Waals surface area contributed by atoms with E-state index >= 15 is 0 Å².